The fraction of sp³-hybridized carbons (Fsp3) is 0.500. The van der Waals surface area contributed by atoms with Gasteiger partial charge in [0.1, 0.15) is 15.8 Å². The van der Waals surface area contributed by atoms with Crippen LogP contribution >= 0.6 is 35.3 Å². The van der Waals surface area contributed by atoms with E-state index in [-0.39, 0.29) is 29.4 Å². The van der Waals surface area contributed by atoms with Crippen LogP contribution in [0.3, 0.4) is 0 Å². The van der Waals surface area contributed by atoms with Crippen LogP contribution in [0.25, 0.3) is 0 Å². The van der Waals surface area contributed by atoms with Gasteiger partial charge in [0.15, 0.2) is 5.96 Å². The van der Waals surface area contributed by atoms with E-state index < -0.39 is 0 Å². The molecule has 0 saturated carbocycles. The Labute approximate surface area is 151 Å². The van der Waals surface area contributed by atoms with Gasteiger partial charge in [-0.05, 0) is 12.1 Å². The van der Waals surface area contributed by atoms with Crippen LogP contribution in [-0.4, -0.2) is 23.2 Å². The third-order valence-corrected chi connectivity index (χ3v) is 4.10. The number of furan rings is 1. The van der Waals surface area contributed by atoms with E-state index in [9.17, 15) is 0 Å². The summed E-state index contributed by atoms with van der Waals surface area (Å²) in [5.41, 5.74) is 0.0368. The molecule has 0 spiro atoms. The second-order valence-electron chi connectivity index (χ2n) is 5.61. The van der Waals surface area contributed by atoms with Gasteiger partial charge in [-0.15, -0.1) is 34.2 Å². The Morgan fingerprint density at radius 2 is 2.00 bits per heavy atom. The average Bonchev–Trinajstić information content (AvgIpc) is 3.09. The molecule has 0 aliphatic rings. The van der Waals surface area contributed by atoms with E-state index in [1.165, 1.54) is 0 Å². The van der Waals surface area contributed by atoms with Crippen LogP contribution in [0, 0.1) is 0 Å². The molecule has 0 saturated heterocycles. The van der Waals surface area contributed by atoms with Crippen LogP contribution in [0.4, 0.5) is 0 Å². The summed E-state index contributed by atoms with van der Waals surface area (Å²) in [4.78, 5) is 4.17. The van der Waals surface area contributed by atoms with Gasteiger partial charge in [-0.1, -0.05) is 32.1 Å². The summed E-state index contributed by atoms with van der Waals surface area (Å²) in [5, 5.41) is 16.8. The number of nitrogens with one attached hydrogen (secondary N) is 2. The van der Waals surface area contributed by atoms with Crippen molar-refractivity contribution in [2.75, 3.05) is 7.05 Å². The highest BCUT2D eigenvalue weighted by Crippen LogP contribution is 2.25. The Balaban J connectivity index is 0.00000242. The molecular weight excluding hydrogens is 413 g/mol. The molecular formula is C14H22IN5OS. The van der Waals surface area contributed by atoms with Gasteiger partial charge in [-0.2, -0.15) is 0 Å². The van der Waals surface area contributed by atoms with Crippen LogP contribution in [0.2, 0.25) is 0 Å². The fourth-order valence-corrected chi connectivity index (χ4v) is 2.43. The monoisotopic (exact) mass is 435 g/mol. The Morgan fingerprint density at radius 1 is 1.27 bits per heavy atom. The zero-order chi connectivity index (χ0) is 15.3. The topological polar surface area (TPSA) is 75.3 Å². The smallest absolute Gasteiger partial charge is 0.191 e. The van der Waals surface area contributed by atoms with Crippen molar-refractivity contribution in [1.29, 1.82) is 0 Å². The predicted octanol–water partition coefficient (Wildman–Crippen LogP) is 2.91. The molecule has 22 heavy (non-hydrogen) atoms. The predicted molar refractivity (Wildman–Crippen MR) is 99.8 cm³/mol. The van der Waals surface area contributed by atoms with Crippen LogP contribution in [0.5, 0.6) is 0 Å². The average molecular weight is 435 g/mol. The molecule has 2 N–H and O–H groups in total. The van der Waals surface area contributed by atoms with Crippen molar-refractivity contribution in [2.45, 2.75) is 39.3 Å². The Bertz CT molecular complexity index is 589. The molecule has 0 fully saturated rings. The largest absolute Gasteiger partial charge is 0.467 e. The molecule has 2 aromatic rings. The summed E-state index contributed by atoms with van der Waals surface area (Å²) < 4.78 is 5.27. The maximum absolute atomic E-state index is 5.27. The van der Waals surface area contributed by atoms with Crippen molar-refractivity contribution in [3.05, 3.63) is 34.2 Å². The van der Waals surface area contributed by atoms with Crippen LogP contribution in [0.1, 0.15) is 36.5 Å². The van der Waals surface area contributed by atoms with Crippen molar-refractivity contribution in [1.82, 2.24) is 20.8 Å². The molecule has 0 aromatic carbocycles. The molecule has 0 unspecified atom stereocenters. The van der Waals surface area contributed by atoms with E-state index in [1.54, 1.807) is 24.6 Å². The first-order chi connectivity index (χ1) is 9.99. The lowest BCUT2D eigenvalue weighted by atomic mass is 9.98. The number of guanidine groups is 1. The van der Waals surface area contributed by atoms with E-state index in [4.69, 9.17) is 4.42 Å². The molecule has 2 aromatic heterocycles. The molecule has 0 bridgehead atoms. The molecule has 0 aliphatic carbocycles. The maximum atomic E-state index is 5.27. The van der Waals surface area contributed by atoms with Gasteiger partial charge in [0.2, 0.25) is 0 Å². The summed E-state index contributed by atoms with van der Waals surface area (Å²) in [5.74, 6) is 1.57. The van der Waals surface area contributed by atoms with Crippen LogP contribution in [-0.2, 0) is 18.5 Å². The van der Waals surface area contributed by atoms with Gasteiger partial charge in [-0.25, -0.2) is 0 Å². The number of halogens is 1. The number of aromatic nitrogens is 2. The normalized spacial score (nSPS) is 11.9. The number of hydrogen-bond donors (Lipinski definition) is 2. The molecule has 6 nitrogen and oxygen atoms in total. The fourth-order valence-electron chi connectivity index (χ4n) is 1.59. The van der Waals surface area contributed by atoms with Crippen molar-refractivity contribution < 1.29 is 4.42 Å². The first-order valence-corrected chi connectivity index (χ1v) is 7.60. The van der Waals surface area contributed by atoms with E-state index in [2.05, 4.69) is 46.6 Å². The molecule has 122 valence electrons. The molecule has 2 rings (SSSR count). The first-order valence-electron chi connectivity index (χ1n) is 6.79. The highest BCUT2D eigenvalue weighted by Gasteiger charge is 2.19. The molecule has 8 heteroatoms. The highest BCUT2D eigenvalue weighted by atomic mass is 127. The Hall–Kier alpha value is -1.16. The summed E-state index contributed by atoms with van der Waals surface area (Å²) in [6.45, 7) is 7.60. The lowest BCUT2D eigenvalue weighted by Crippen LogP contribution is -2.36. The number of rotatable bonds is 4. The number of nitrogens with zero attached hydrogens (tertiary/aromatic N) is 3. The van der Waals surface area contributed by atoms with Crippen LogP contribution in [0.15, 0.2) is 27.8 Å². The minimum Gasteiger partial charge on any atom is -0.467 e. The molecule has 0 amide bonds. The highest BCUT2D eigenvalue weighted by molar-refractivity contribution is 14.0. The Morgan fingerprint density at radius 3 is 2.55 bits per heavy atom. The van der Waals surface area contributed by atoms with Crippen LogP contribution < -0.4 is 10.6 Å². The van der Waals surface area contributed by atoms with Crippen molar-refractivity contribution >= 4 is 41.3 Å². The van der Waals surface area contributed by atoms with Gasteiger partial charge in [0.25, 0.3) is 0 Å². The van der Waals surface area contributed by atoms with E-state index in [0.29, 0.717) is 19.0 Å². The third kappa shape index (κ3) is 5.56. The Kier molecular flexibility index (Phi) is 7.27. The molecule has 0 atom stereocenters. The zero-order valence-electron chi connectivity index (χ0n) is 13.2. The van der Waals surface area contributed by atoms with E-state index in [0.717, 1.165) is 15.8 Å². The first kappa shape index (κ1) is 18.9. The zero-order valence-corrected chi connectivity index (χ0v) is 16.4. The van der Waals surface area contributed by atoms with Crippen molar-refractivity contribution in [2.24, 2.45) is 4.99 Å². The summed E-state index contributed by atoms with van der Waals surface area (Å²) in [7, 11) is 1.73. The summed E-state index contributed by atoms with van der Waals surface area (Å²) >= 11 is 1.62. The standard InChI is InChI=1S/C14H21N5OS.HI/c1-14(2,3)12-19-18-11(21-12)9-17-13(15-4)16-8-10-6-5-7-20-10;/h5-7H,8-9H2,1-4H3,(H2,15,16,17);1H. The minimum absolute atomic E-state index is 0. The SMILES string of the molecule is CN=C(NCc1ccco1)NCc1nnc(C(C)(C)C)s1.I. The molecule has 2 heterocycles. The molecule has 0 aliphatic heterocycles. The van der Waals surface area contributed by atoms with Gasteiger partial charge in [0.05, 0.1) is 19.4 Å². The van der Waals surface area contributed by atoms with Gasteiger partial charge in [-0.3, -0.25) is 4.99 Å². The number of aliphatic imine (C=N–C) groups is 1. The maximum Gasteiger partial charge on any atom is 0.191 e. The van der Waals surface area contributed by atoms with Gasteiger partial charge < -0.3 is 15.1 Å². The third-order valence-electron chi connectivity index (χ3n) is 2.75. The number of hydrogen-bond acceptors (Lipinski definition) is 5. The second kappa shape index (κ2) is 8.47. The second-order valence-corrected chi connectivity index (χ2v) is 6.67. The minimum atomic E-state index is 0. The lowest BCUT2D eigenvalue weighted by Gasteiger charge is -2.12. The summed E-state index contributed by atoms with van der Waals surface area (Å²) in [6, 6.07) is 3.78. The molecule has 0 radical (unpaired) electrons. The quantitative estimate of drug-likeness (QED) is 0.439. The van der Waals surface area contributed by atoms with Crippen molar-refractivity contribution in [3.63, 3.8) is 0 Å². The lowest BCUT2D eigenvalue weighted by molar-refractivity contribution is 0.501. The van der Waals surface area contributed by atoms with Gasteiger partial charge >= 0.3 is 0 Å². The van der Waals surface area contributed by atoms with E-state index in [1.807, 2.05) is 12.1 Å². The van der Waals surface area contributed by atoms with Crippen molar-refractivity contribution in [3.8, 4) is 0 Å². The van der Waals surface area contributed by atoms with E-state index >= 15 is 0 Å². The van der Waals surface area contributed by atoms with Gasteiger partial charge in [0, 0.05) is 12.5 Å². The summed E-state index contributed by atoms with van der Waals surface area (Å²) in [6.07, 6.45) is 1.66.